The second-order valence-electron chi connectivity index (χ2n) is 8.24. The Balaban J connectivity index is 1.17. The molecule has 2 fully saturated rings. The molecule has 2 heterocycles. The quantitative estimate of drug-likeness (QED) is 0.813. The minimum Gasteiger partial charge on any atom is -0.423 e. The van der Waals surface area contributed by atoms with Gasteiger partial charge < -0.3 is 14.6 Å². The van der Waals surface area contributed by atoms with Crippen LogP contribution in [-0.4, -0.2) is 30.5 Å². The summed E-state index contributed by atoms with van der Waals surface area (Å²) in [6.07, 6.45) is 10.6. The Labute approximate surface area is 161 Å². The Morgan fingerprint density at radius 1 is 1.07 bits per heavy atom. The molecule has 5 nitrogen and oxygen atoms in total. The number of aromatic nitrogens is 1. The maximum atomic E-state index is 12.2. The van der Waals surface area contributed by atoms with E-state index in [2.05, 4.69) is 15.2 Å². The summed E-state index contributed by atoms with van der Waals surface area (Å²) in [5.41, 5.74) is 1.76. The Hall–Kier alpha value is -2.04. The molecule has 1 aliphatic heterocycles. The molecule has 1 N–H and O–H groups in total. The third-order valence-corrected chi connectivity index (χ3v) is 6.26. The van der Waals surface area contributed by atoms with Crippen LogP contribution in [0.5, 0.6) is 0 Å². The van der Waals surface area contributed by atoms with E-state index in [1.165, 1.54) is 32.1 Å². The number of benzene rings is 1. The van der Waals surface area contributed by atoms with Crippen LogP contribution in [0.25, 0.3) is 11.1 Å². The minimum atomic E-state index is 0.238. The van der Waals surface area contributed by atoms with Gasteiger partial charge in [0, 0.05) is 26.1 Å². The SMILES string of the molecule is O=C(CCC1CCCCC1)NCC1CCN(c2nc3ccccc3o2)CC1. The van der Waals surface area contributed by atoms with Crippen molar-refractivity contribution in [2.24, 2.45) is 11.8 Å². The van der Waals surface area contributed by atoms with Gasteiger partial charge in [-0.1, -0.05) is 44.2 Å². The van der Waals surface area contributed by atoms with Gasteiger partial charge in [-0.25, -0.2) is 0 Å². The van der Waals surface area contributed by atoms with Crippen LogP contribution in [0, 0.1) is 11.8 Å². The van der Waals surface area contributed by atoms with Crippen molar-refractivity contribution in [2.45, 2.75) is 57.8 Å². The molecule has 0 bridgehead atoms. The Kier molecular flexibility index (Phi) is 5.95. The van der Waals surface area contributed by atoms with Crippen molar-refractivity contribution < 1.29 is 9.21 Å². The molecule has 2 aliphatic rings. The molecule has 4 rings (SSSR count). The number of oxazole rings is 1. The molecular formula is C22H31N3O2. The lowest BCUT2D eigenvalue weighted by molar-refractivity contribution is -0.121. The van der Waals surface area contributed by atoms with Gasteiger partial charge in [0.05, 0.1) is 0 Å². The van der Waals surface area contributed by atoms with Crippen molar-refractivity contribution in [1.82, 2.24) is 10.3 Å². The molecule has 1 saturated carbocycles. The molecule has 27 heavy (non-hydrogen) atoms. The third kappa shape index (κ3) is 4.82. The van der Waals surface area contributed by atoms with Gasteiger partial charge in [-0.3, -0.25) is 4.79 Å². The zero-order valence-electron chi connectivity index (χ0n) is 16.2. The number of carbonyl (C=O) groups excluding carboxylic acids is 1. The van der Waals surface area contributed by atoms with E-state index in [4.69, 9.17) is 4.42 Å². The lowest BCUT2D eigenvalue weighted by atomic mass is 9.86. The standard InChI is InChI=1S/C22H31N3O2/c26-21(11-10-17-6-2-1-3-7-17)23-16-18-12-14-25(15-13-18)22-24-19-8-4-5-9-20(19)27-22/h4-5,8-9,17-18H,1-3,6-7,10-16H2,(H,23,26). The van der Waals surface area contributed by atoms with Crippen LogP contribution in [-0.2, 0) is 4.79 Å². The van der Waals surface area contributed by atoms with Crippen molar-refractivity contribution in [3.05, 3.63) is 24.3 Å². The molecule has 1 aromatic carbocycles. The highest BCUT2D eigenvalue weighted by molar-refractivity contribution is 5.76. The highest BCUT2D eigenvalue weighted by Crippen LogP contribution is 2.28. The average Bonchev–Trinajstić information content (AvgIpc) is 3.16. The fourth-order valence-electron chi connectivity index (χ4n) is 4.48. The van der Waals surface area contributed by atoms with E-state index in [9.17, 15) is 4.79 Å². The van der Waals surface area contributed by atoms with Crippen molar-refractivity contribution >= 4 is 23.0 Å². The van der Waals surface area contributed by atoms with Crippen molar-refractivity contribution in [1.29, 1.82) is 0 Å². The van der Waals surface area contributed by atoms with E-state index < -0.39 is 0 Å². The molecule has 0 radical (unpaired) electrons. The molecular weight excluding hydrogens is 338 g/mol. The molecule has 1 saturated heterocycles. The van der Waals surface area contributed by atoms with Gasteiger partial charge in [-0.2, -0.15) is 4.98 Å². The number of piperidine rings is 1. The van der Waals surface area contributed by atoms with Crippen LogP contribution in [0.3, 0.4) is 0 Å². The first kappa shape index (κ1) is 18.3. The van der Waals surface area contributed by atoms with E-state index in [0.717, 1.165) is 61.9 Å². The highest BCUT2D eigenvalue weighted by atomic mass is 16.4. The highest BCUT2D eigenvalue weighted by Gasteiger charge is 2.23. The Morgan fingerprint density at radius 3 is 2.63 bits per heavy atom. The average molecular weight is 370 g/mol. The number of amides is 1. The van der Waals surface area contributed by atoms with E-state index in [1.54, 1.807) is 0 Å². The molecule has 5 heteroatoms. The number of nitrogens with zero attached hydrogens (tertiary/aromatic N) is 2. The largest absolute Gasteiger partial charge is 0.423 e. The van der Waals surface area contributed by atoms with Crippen molar-refractivity contribution in [3.63, 3.8) is 0 Å². The first-order valence-electron chi connectivity index (χ1n) is 10.6. The monoisotopic (exact) mass is 369 g/mol. The number of rotatable bonds is 6. The van der Waals surface area contributed by atoms with Crippen LogP contribution < -0.4 is 10.2 Å². The van der Waals surface area contributed by atoms with E-state index in [1.807, 2.05) is 24.3 Å². The number of fused-ring (bicyclic) bond motifs is 1. The topological polar surface area (TPSA) is 58.4 Å². The first-order valence-corrected chi connectivity index (χ1v) is 10.6. The fourth-order valence-corrected chi connectivity index (χ4v) is 4.48. The molecule has 1 aromatic heterocycles. The summed E-state index contributed by atoms with van der Waals surface area (Å²) >= 11 is 0. The van der Waals surface area contributed by atoms with E-state index >= 15 is 0 Å². The number of para-hydroxylation sites is 2. The van der Waals surface area contributed by atoms with E-state index in [0.29, 0.717) is 12.3 Å². The summed E-state index contributed by atoms with van der Waals surface area (Å²) in [4.78, 5) is 19.0. The van der Waals surface area contributed by atoms with Crippen molar-refractivity contribution in [2.75, 3.05) is 24.5 Å². The summed E-state index contributed by atoms with van der Waals surface area (Å²) in [7, 11) is 0. The van der Waals surface area contributed by atoms with Gasteiger partial charge >= 0.3 is 0 Å². The minimum absolute atomic E-state index is 0.238. The molecule has 1 amide bonds. The second-order valence-corrected chi connectivity index (χ2v) is 8.24. The van der Waals surface area contributed by atoms with Gasteiger partial charge in [-0.05, 0) is 43.2 Å². The summed E-state index contributed by atoms with van der Waals surface area (Å²) < 4.78 is 5.88. The normalized spacial score (nSPS) is 19.5. The van der Waals surface area contributed by atoms with Crippen molar-refractivity contribution in [3.8, 4) is 0 Å². The fraction of sp³-hybridized carbons (Fsp3) is 0.636. The molecule has 1 aliphatic carbocycles. The van der Waals surface area contributed by atoms with Crippen LogP contribution in [0.2, 0.25) is 0 Å². The smallest absolute Gasteiger partial charge is 0.298 e. The Morgan fingerprint density at radius 2 is 1.85 bits per heavy atom. The third-order valence-electron chi connectivity index (χ3n) is 6.26. The van der Waals surface area contributed by atoms with Crippen LogP contribution in [0.4, 0.5) is 6.01 Å². The Bertz CT molecular complexity index is 710. The summed E-state index contributed by atoms with van der Waals surface area (Å²) in [5.74, 6) is 1.58. The number of hydrogen-bond acceptors (Lipinski definition) is 4. The van der Waals surface area contributed by atoms with Crippen LogP contribution >= 0.6 is 0 Å². The number of carbonyl (C=O) groups is 1. The maximum Gasteiger partial charge on any atom is 0.298 e. The summed E-state index contributed by atoms with van der Waals surface area (Å²) in [6.45, 7) is 2.69. The molecule has 0 spiro atoms. The zero-order valence-corrected chi connectivity index (χ0v) is 16.2. The van der Waals surface area contributed by atoms with Gasteiger partial charge in [0.25, 0.3) is 6.01 Å². The molecule has 2 aromatic rings. The van der Waals surface area contributed by atoms with Gasteiger partial charge in [0.15, 0.2) is 5.58 Å². The maximum absolute atomic E-state index is 12.2. The predicted octanol–water partition coefficient (Wildman–Crippen LogP) is 4.52. The molecule has 0 atom stereocenters. The first-order chi connectivity index (χ1) is 13.3. The second kappa shape index (κ2) is 8.77. The van der Waals surface area contributed by atoms with Gasteiger partial charge in [-0.15, -0.1) is 0 Å². The predicted molar refractivity (Wildman–Crippen MR) is 108 cm³/mol. The lowest BCUT2D eigenvalue weighted by Gasteiger charge is -2.31. The lowest BCUT2D eigenvalue weighted by Crippen LogP contribution is -2.38. The van der Waals surface area contributed by atoms with Crippen LogP contribution in [0.15, 0.2) is 28.7 Å². The zero-order chi connectivity index (χ0) is 18.5. The van der Waals surface area contributed by atoms with Gasteiger partial charge in [0.1, 0.15) is 5.52 Å². The summed E-state index contributed by atoms with van der Waals surface area (Å²) in [6, 6.07) is 8.63. The molecule has 146 valence electrons. The van der Waals surface area contributed by atoms with Gasteiger partial charge in [0.2, 0.25) is 5.91 Å². The number of hydrogen-bond donors (Lipinski definition) is 1. The molecule has 0 unspecified atom stereocenters. The number of anilines is 1. The number of nitrogens with one attached hydrogen (secondary N) is 1. The van der Waals surface area contributed by atoms with E-state index in [-0.39, 0.29) is 5.91 Å². The summed E-state index contributed by atoms with van der Waals surface area (Å²) in [5, 5.41) is 3.17. The van der Waals surface area contributed by atoms with Crippen LogP contribution in [0.1, 0.15) is 57.8 Å².